The van der Waals surface area contributed by atoms with E-state index in [2.05, 4.69) is 15.6 Å². The summed E-state index contributed by atoms with van der Waals surface area (Å²) in [4.78, 5) is 29.5. The number of hydrogen-bond donors (Lipinski definition) is 2. The van der Waals surface area contributed by atoms with Crippen LogP contribution in [-0.2, 0) is 0 Å². The first-order chi connectivity index (χ1) is 14.0. The maximum atomic E-state index is 13.9. The van der Waals surface area contributed by atoms with Crippen LogP contribution in [0.25, 0.3) is 5.52 Å². The first-order valence-corrected chi connectivity index (χ1v) is 8.63. The Kier molecular flexibility index (Phi) is 4.74. The summed E-state index contributed by atoms with van der Waals surface area (Å²) in [5, 5.41) is 5.07. The van der Waals surface area contributed by atoms with Crippen LogP contribution in [0, 0.1) is 11.6 Å². The Morgan fingerprint density at radius 3 is 2.38 bits per heavy atom. The van der Waals surface area contributed by atoms with Crippen LogP contribution in [0.4, 0.5) is 20.2 Å². The maximum absolute atomic E-state index is 13.9. The summed E-state index contributed by atoms with van der Waals surface area (Å²) < 4.78 is 28.4. The van der Waals surface area contributed by atoms with Gasteiger partial charge in [0.1, 0.15) is 11.6 Å². The van der Waals surface area contributed by atoms with Crippen LogP contribution >= 0.6 is 0 Å². The number of anilines is 2. The number of imidazole rings is 1. The average molecular weight is 392 g/mol. The van der Waals surface area contributed by atoms with E-state index in [1.807, 2.05) is 6.07 Å². The normalized spacial score (nSPS) is 10.7. The first-order valence-electron chi connectivity index (χ1n) is 8.63. The molecule has 0 saturated carbocycles. The SMILES string of the molecule is O=C(Nc1ccc(F)cc1F)c1nc(C(=O)Nc2ccccc2)n2ccccc12. The van der Waals surface area contributed by atoms with Crippen molar-refractivity contribution in [3.8, 4) is 0 Å². The van der Waals surface area contributed by atoms with E-state index in [-0.39, 0.29) is 17.2 Å². The zero-order chi connectivity index (χ0) is 20.4. The number of para-hydroxylation sites is 1. The minimum Gasteiger partial charge on any atom is -0.319 e. The fourth-order valence-corrected chi connectivity index (χ4v) is 2.85. The number of fused-ring (bicyclic) bond motifs is 1. The van der Waals surface area contributed by atoms with Gasteiger partial charge in [0.15, 0.2) is 5.69 Å². The van der Waals surface area contributed by atoms with Gasteiger partial charge in [0, 0.05) is 18.0 Å². The molecule has 0 aliphatic heterocycles. The molecule has 2 aromatic carbocycles. The molecular weight excluding hydrogens is 378 g/mol. The molecule has 4 aromatic rings. The van der Waals surface area contributed by atoms with E-state index in [0.717, 1.165) is 12.1 Å². The van der Waals surface area contributed by atoms with E-state index in [0.29, 0.717) is 17.3 Å². The van der Waals surface area contributed by atoms with E-state index in [1.54, 1.807) is 48.7 Å². The number of halogens is 2. The van der Waals surface area contributed by atoms with Crippen LogP contribution in [0.15, 0.2) is 72.9 Å². The molecule has 0 unspecified atom stereocenters. The van der Waals surface area contributed by atoms with Crippen molar-refractivity contribution in [1.29, 1.82) is 0 Å². The van der Waals surface area contributed by atoms with Gasteiger partial charge in [-0.3, -0.25) is 14.0 Å². The number of nitrogens with zero attached hydrogens (tertiary/aromatic N) is 2. The Morgan fingerprint density at radius 2 is 1.62 bits per heavy atom. The molecule has 0 bridgehead atoms. The number of carbonyl (C=O) groups excluding carboxylic acids is 2. The Bertz CT molecular complexity index is 1220. The molecule has 0 aliphatic rings. The molecule has 2 heterocycles. The second-order valence-corrected chi connectivity index (χ2v) is 6.14. The number of aromatic nitrogens is 2. The molecule has 6 nitrogen and oxygen atoms in total. The molecule has 0 aliphatic carbocycles. The molecule has 8 heteroatoms. The summed E-state index contributed by atoms with van der Waals surface area (Å²) in [5.74, 6) is -2.91. The predicted octanol–water partition coefficient (Wildman–Crippen LogP) is 4.12. The number of pyridine rings is 1. The molecular formula is C21H14F2N4O2. The monoisotopic (exact) mass is 392 g/mol. The van der Waals surface area contributed by atoms with Gasteiger partial charge in [-0.1, -0.05) is 24.3 Å². The van der Waals surface area contributed by atoms with Crippen LogP contribution < -0.4 is 10.6 Å². The second-order valence-electron chi connectivity index (χ2n) is 6.14. The van der Waals surface area contributed by atoms with Gasteiger partial charge in [0.25, 0.3) is 11.8 Å². The number of rotatable bonds is 4. The van der Waals surface area contributed by atoms with Crippen molar-refractivity contribution in [2.45, 2.75) is 0 Å². The lowest BCUT2D eigenvalue weighted by Crippen LogP contribution is -2.16. The average Bonchev–Trinajstić information content (AvgIpc) is 3.11. The minimum atomic E-state index is -0.913. The van der Waals surface area contributed by atoms with Crippen LogP contribution in [0.2, 0.25) is 0 Å². The highest BCUT2D eigenvalue weighted by atomic mass is 19.1. The van der Waals surface area contributed by atoms with Crippen LogP contribution in [0.5, 0.6) is 0 Å². The van der Waals surface area contributed by atoms with Crippen molar-refractivity contribution in [3.63, 3.8) is 0 Å². The summed E-state index contributed by atoms with van der Waals surface area (Å²) in [6, 6.07) is 16.6. The number of nitrogens with one attached hydrogen (secondary N) is 2. The van der Waals surface area contributed by atoms with Gasteiger partial charge < -0.3 is 10.6 Å². The fourth-order valence-electron chi connectivity index (χ4n) is 2.85. The van der Waals surface area contributed by atoms with Gasteiger partial charge in [0.05, 0.1) is 11.2 Å². The third-order valence-corrected chi connectivity index (χ3v) is 4.18. The molecule has 0 atom stereocenters. The predicted molar refractivity (Wildman–Crippen MR) is 104 cm³/mol. The molecule has 2 N–H and O–H groups in total. The van der Waals surface area contributed by atoms with Crippen molar-refractivity contribution < 1.29 is 18.4 Å². The summed E-state index contributed by atoms with van der Waals surface area (Å²) in [5.41, 5.74) is 0.687. The van der Waals surface area contributed by atoms with E-state index in [1.165, 1.54) is 4.40 Å². The zero-order valence-corrected chi connectivity index (χ0v) is 14.9. The summed E-state index contributed by atoms with van der Waals surface area (Å²) in [7, 11) is 0. The van der Waals surface area contributed by atoms with Crippen molar-refractivity contribution in [2.75, 3.05) is 10.6 Å². The smallest absolute Gasteiger partial charge is 0.292 e. The van der Waals surface area contributed by atoms with Crippen LogP contribution in [-0.4, -0.2) is 21.2 Å². The van der Waals surface area contributed by atoms with Crippen molar-refractivity contribution >= 4 is 28.7 Å². The summed E-state index contributed by atoms with van der Waals surface area (Å²) >= 11 is 0. The van der Waals surface area contributed by atoms with E-state index in [9.17, 15) is 18.4 Å². The number of amides is 2. The third-order valence-electron chi connectivity index (χ3n) is 4.18. The van der Waals surface area contributed by atoms with Gasteiger partial charge in [0.2, 0.25) is 5.82 Å². The quantitative estimate of drug-likeness (QED) is 0.549. The number of benzene rings is 2. The largest absolute Gasteiger partial charge is 0.319 e. The molecule has 0 saturated heterocycles. The van der Waals surface area contributed by atoms with Crippen molar-refractivity contribution in [2.24, 2.45) is 0 Å². The van der Waals surface area contributed by atoms with E-state index in [4.69, 9.17) is 0 Å². The lowest BCUT2D eigenvalue weighted by atomic mass is 10.2. The molecule has 2 aromatic heterocycles. The lowest BCUT2D eigenvalue weighted by Gasteiger charge is -2.05. The molecule has 0 radical (unpaired) electrons. The number of carbonyl (C=O) groups is 2. The standard InChI is InChI=1S/C21H14F2N4O2/c22-13-9-10-16(15(23)12-13)25-20(28)18-17-8-4-5-11-27(17)19(26-18)21(29)24-14-6-2-1-3-7-14/h1-12H,(H,24,29)(H,25,28). The Morgan fingerprint density at radius 1 is 0.862 bits per heavy atom. The molecule has 0 fully saturated rings. The van der Waals surface area contributed by atoms with Gasteiger partial charge in [-0.05, 0) is 36.4 Å². The van der Waals surface area contributed by atoms with Crippen LogP contribution in [0.1, 0.15) is 21.1 Å². The molecule has 144 valence electrons. The minimum absolute atomic E-state index is 0.00539. The topological polar surface area (TPSA) is 75.5 Å². The fraction of sp³-hybridized carbons (Fsp3) is 0. The Labute approximate surface area is 163 Å². The zero-order valence-electron chi connectivity index (χ0n) is 14.9. The van der Waals surface area contributed by atoms with Crippen LogP contribution in [0.3, 0.4) is 0 Å². The molecule has 2 amide bonds. The van der Waals surface area contributed by atoms with Gasteiger partial charge in [-0.25, -0.2) is 13.8 Å². The molecule has 4 rings (SSSR count). The van der Waals surface area contributed by atoms with E-state index < -0.39 is 23.4 Å². The number of hydrogen-bond acceptors (Lipinski definition) is 3. The summed E-state index contributed by atoms with van der Waals surface area (Å²) in [6.45, 7) is 0. The first kappa shape index (κ1) is 18.3. The maximum Gasteiger partial charge on any atom is 0.292 e. The third kappa shape index (κ3) is 3.68. The Balaban J connectivity index is 1.68. The summed E-state index contributed by atoms with van der Waals surface area (Å²) in [6.07, 6.45) is 1.59. The highest BCUT2D eigenvalue weighted by molar-refractivity contribution is 6.10. The highest BCUT2D eigenvalue weighted by Crippen LogP contribution is 2.19. The van der Waals surface area contributed by atoms with Gasteiger partial charge in [-0.15, -0.1) is 0 Å². The van der Waals surface area contributed by atoms with Gasteiger partial charge in [-0.2, -0.15) is 0 Å². The lowest BCUT2D eigenvalue weighted by molar-refractivity contribution is 0.101. The Hall–Kier alpha value is -4.07. The molecule has 29 heavy (non-hydrogen) atoms. The van der Waals surface area contributed by atoms with E-state index >= 15 is 0 Å². The highest BCUT2D eigenvalue weighted by Gasteiger charge is 2.22. The molecule has 0 spiro atoms. The van der Waals surface area contributed by atoms with Gasteiger partial charge >= 0.3 is 0 Å². The van der Waals surface area contributed by atoms with Crippen molar-refractivity contribution in [3.05, 3.63) is 96.1 Å². The second kappa shape index (κ2) is 7.51. The van der Waals surface area contributed by atoms with Crippen molar-refractivity contribution in [1.82, 2.24) is 9.38 Å².